The van der Waals surface area contributed by atoms with Crippen LogP contribution in [0.15, 0.2) is 37.4 Å². The molecule has 4 aliphatic rings. The summed E-state index contributed by atoms with van der Waals surface area (Å²) in [7, 11) is 0. The molecule has 2 fully saturated rings. The van der Waals surface area contributed by atoms with Crippen molar-refractivity contribution in [2.45, 2.75) is 48.8 Å². The fourth-order valence-electron chi connectivity index (χ4n) is 6.05. The Hall–Kier alpha value is -2.11. The molecule has 2 bridgehead atoms. The lowest BCUT2D eigenvalue weighted by Gasteiger charge is -2.62. The molecule has 0 aromatic heterocycles. The molecule has 4 atom stereocenters. The molecule has 1 aromatic carbocycles. The molecule has 0 radical (unpaired) electrons. The van der Waals surface area contributed by atoms with Crippen LogP contribution in [0.25, 0.3) is 0 Å². The number of ketones is 1. The number of ether oxygens (including phenoxy) is 2. The maximum absolute atomic E-state index is 12.9. The smallest absolute Gasteiger partial charge is 0.174 e. The molecule has 1 saturated carbocycles. The molecule has 0 amide bonds. The summed E-state index contributed by atoms with van der Waals surface area (Å²) in [6, 6.07) is 3.98. The van der Waals surface area contributed by atoms with Gasteiger partial charge in [0.2, 0.25) is 0 Å². The molecule has 5 nitrogen and oxygen atoms in total. The maximum atomic E-state index is 12.9. The number of hydrogen-bond acceptors (Lipinski definition) is 5. The zero-order chi connectivity index (χ0) is 18.8. The van der Waals surface area contributed by atoms with Crippen LogP contribution < -0.4 is 9.47 Å². The zero-order valence-corrected chi connectivity index (χ0v) is 15.4. The van der Waals surface area contributed by atoms with Crippen LogP contribution in [-0.4, -0.2) is 53.2 Å². The first-order valence-corrected chi connectivity index (χ1v) is 9.73. The normalized spacial score (nSPS) is 36.0. The van der Waals surface area contributed by atoms with Gasteiger partial charge < -0.3 is 14.6 Å². The van der Waals surface area contributed by atoms with Gasteiger partial charge in [0, 0.05) is 31.1 Å². The summed E-state index contributed by atoms with van der Waals surface area (Å²) in [6.07, 6.45) is 5.26. The molecule has 27 heavy (non-hydrogen) atoms. The van der Waals surface area contributed by atoms with Crippen LogP contribution in [0.4, 0.5) is 0 Å². The van der Waals surface area contributed by atoms with E-state index in [1.165, 1.54) is 0 Å². The Morgan fingerprint density at radius 3 is 2.96 bits per heavy atom. The van der Waals surface area contributed by atoms with Crippen molar-refractivity contribution in [2.24, 2.45) is 0 Å². The molecule has 1 aromatic rings. The molecule has 1 spiro atoms. The summed E-state index contributed by atoms with van der Waals surface area (Å²) >= 11 is 0. The van der Waals surface area contributed by atoms with Gasteiger partial charge in [-0.2, -0.15) is 0 Å². The number of likely N-dealkylation sites (tertiary alicyclic amines) is 1. The van der Waals surface area contributed by atoms with Crippen molar-refractivity contribution in [3.05, 3.63) is 48.6 Å². The summed E-state index contributed by atoms with van der Waals surface area (Å²) in [5.41, 5.74) is 0.541. The summed E-state index contributed by atoms with van der Waals surface area (Å²) in [4.78, 5) is 15.2. The Kier molecular flexibility index (Phi) is 3.59. The van der Waals surface area contributed by atoms with Gasteiger partial charge in [0.15, 0.2) is 23.4 Å². The van der Waals surface area contributed by atoms with Gasteiger partial charge in [-0.25, -0.2) is 0 Å². The second-order valence-electron chi connectivity index (χ2n) is 8.14. The Balaban J connectivity index is 1.73. The lowest BCUT2D eigenvalue weighted by atomic mass is 9.49. The van der Waals surface area contributed by atoms with Crippen molar-refractivity contribution in [2.75, 3.05) is 19.7 Å². The number of rotatable bonds is 5. The van der Waals surface area contributed by atoms with Crippen LogP contribution >= 0.6 is 0 Å². The molecule has 1 unspecified atom stereocenters. The van der Waals surface area contributed by atoms with Gasteiger partial charge in [-0.15, -0.1) is 6.58 Å². The van der Waals surface area contributed by atoms with E-state index >= 15 is 0 Å². The van der Waals surface area contributed by atoms with Crippen LogP contribution in [0.1, 0.15) is 30.4 Å². The standard InChI is InChI=1S/C22H25NO4/c1-3-10-23-11-9-21-18-14-5-6-16(26-12-4-2)19(18)27-20(21)15(24)7-8-22(21,25)17(23)13-14/h3-6,17,20,25H,1-2,7-13H2/t17-,20+,21+,22?/m1/s1. The molecule has 1 saturated heterocycles. The van der Waals surface area contributed by atoms with Gasteiger partial charge in [0.25, 0.3) is 0 Å². The first kappa shape index (κ1) is 17.0. The van der Waals surface area contributed by atoms with Gasteiger partial charge in [0.1, 0.15) is 6.61 Å². The van der Waals surface area contributed by atoms with Crippen LogP contribution in [0, 0.1) is 0 Å². The molecule has 5 rings (SSSR count). The lowest BCUT2D eigenvalue weighted by molar-refractivity contribution is -0.187. The zero-order valence-electron chi connectivity index (χ0n) is 15.4. The monoisotopic (exact) mass is 367 g/mol. The van der Waals surface area contributed by atoms with Crippen molar-refractivity contribution < 1.29 is 19.4 Å². The Labute approximate surface area is 159 Å². The van der Waals surface area contributed by atoms with Crippen molar-refractivity contribution in [1.29, 1.82) is 0 Å². The summed E-state index contributed by atoms with van der Waals surface area (Å²) in [5, 5.41) is 12.0. The van der Waals surface area contributed by atoms with Crippen molar-refractivity contribution in [1.82, 2.24) is 4.90 Å². The molecular formula is C22H25NO4. The van der Waals surface area contributed by atoms with Crippen molar-refractivity contribution in [3.8, 4) is 11.5 Å². The highest BCUT2D eigenvalue weighted by Crippen LogP contribution is 2.64. The van der Waals surface area contributed by atoms with E-state index in [0.29, 0.717) is 37.4 Å². The average Bonchev–Trinajstić information content (AvgIpc) is 3.01. The van der Waals surface area contributed by atoms with E-state index in [1.807, 2.05) is 12.1 Å². The highest BCUT2D eigenvalue weighted by molar-refractivity contribution is 5.90. The first-order chi connectivity index (χ1) is 13.1. The topological polar surface area (TPSA) is 59.0 Å². The predicted molar refractivity (Wildman–Crippen MR) is 101 cm³/mol. The molecular weight excluding hydrogens is 342 g/mol. The minimum absolute atomic E-state index is 0.0261. The van der Waals surface area contributed by atoms with E-state index in [2.05, 4.69) is 24.1 Å². The SMILES string of the molecule is C=CCOc1ccc2c3c1O[C@H]1C(=O)CCC4(O)[C@@H](C2)N(CC=C)CC[C@]314. The molecule has 2 aliphatic heterocycles. The summed E-state index contributed by atoms with van der Waals surface area (Å²) in [5.74, 6) is 1.39. The van der Waals surface area contributed by atoms with Crippen LogP contribution in [-0.2, 0) is 16.6 Å². The fraction of sp³-hybridized carbons (Fsp3) is 0.500. The quantitative estimate of drug-likeness (QED) is 0.809. The van der Waals surface area contributed by atoms with Gasteiger partial charge in [-0.3, -0.25) is 9.69 Å². The first-order valence-electron chi connectivity index (χ1n) is 9.73. The minimum Gasteiger partial charge on any atom is -0.486 e. The Morgan fingerprint density at radius 2 is 2.19 bits per heavy atom. The highest BCUT2D eigenvalue weighted by Gasteiger charge is 2.73. The number of nitrogens with zero attached hydrogens (tertiary/aromatic N) is 1. The van der Waals surface area contributed by atoms with E-state index in [0.717, 1.165) is 30.6 Å². The van der Waals surface area contributed by atoms with Gasteiger partial charge in [-0.1, -0.05) is 24.8 Å². The third-order valence-electron chi connectivity index (χ3n) is 7.07. The molecule has 2 aliphatic carbocycles. The average molecular weight is 367 g/mol. The molecule has 142 valence electrons. The second kappa shape index (κ2) is 5.69. The third-order valence-corrected chi connectivity index (χ3v) is 7.07. The van der Waals surface area contributed by atoms with E-state index in [9.17, 15) is 9.90 Å². The van der Waals surface area contributed by atoms with Crippen molar-refractivity contribution >= 4 is 5.78 Å². The number of carbonyl (C=O) groups excluding carboxylic acids is 1. The van der Waals surface area contributed by atoms with Crippen LogP contribution in [0.3, 0.4) is 0 Å². The minimum atomic E-state index is -0.970. The number of Topliss-reactive ketones (excluding diaryl/α,β-unsaturated/α-hetero) is 1. The molecule has 2 heterocycles. The lowest BCUT2D eigenvalue weighted by Crippen LogP contribution is -2.76. The van der Waals surface area contributed by atoms with Gasteiger partial charge >= 0.3 is 0 Å². The van der Waals surface area contributed by atoms with Crippen LogP contribution in [0.2, 0.25) is 0 Å². The van der Waals surface area contributed by atoms with E-state index in [4.69, 9.17) is 9.47 Å². The van der Waals surface area contributed by atoms with Gasteiger partial charge in [-0.05, 0) is 30.9 Å². The molecule has 5 heteroatoms. The fourth-order valence-corrected chi connectivity index (χ4v) is 6.05. The van der Waals surface area contributed by atoms with Crippen molar-refractivity contribution in [3.63, 3.8) is 0 Å². The predicted octanol–water partition coefficient (Wildman–Crippen LogP) is 2.16. The highest BCUT2D eigenvalue weighted by atomic mass is 16.5. The number of benzene rings is 1. The summed E-state index contributed by atoms with van der Waals surface area (Å²) in [6.45, 7) is 9.53. The van der Waals surface area contributed by atoms with E-state index < -0.39 is 17.1 Å². The number of hydrogen-bond donors (Lipinski definition) is 1. The Bertz CT molecular complexity index is 849. The van der Waals surface area contributed by atoms with Crippen LogP contribution in [0.5, 0.6) is 11.5 Å². The second-order valence-corrected chi connectivity index (χ2v) is 8.14. The van der Waals surface area contributed by atoms with Gasteiger partial charge in [0.05, 0.1) is 11.0 Å². The third kappa shape index (κ3) is 1.94. The van der Waals surface area contributed by atoms with E-state index in [-0.39, 0.29) is 11.8 Å². The largest absolute Gasteiger partial charge is 0.486 e. The Morgan fingerprint density at radius 1 is 1.33 bits per heavy atom. The summed E-state index contributed by atoms with van der Waals surface area (Å²) < 4.78 is 12.1. The maximum Gasteiger partial charge on any atom is 0.174 e. The number of piperidine rings is 1. The molecule has 1 N–H and O–H groups in total. The number of carbonyl (C=O) groups is 1. The number of aliphatic hydroxyl groups is 1. The van der Waals surface area contributed by atoms with E-state index in [1.54, 1.807) is 6.08 Å².